The molecule has 0 spiro atoms. The Kier molecular flexibility index (Phi) is 2.42. The van der Waals surface area contributed by atoms with E-state index in [2.05, 4.69) is 44.0 Å². The molecule has 3 heterocycles. The molecule has 0 saturated carbocycles. The molecule has 0 radical (unpaired) electrons. The van der Waals surface area contributed by atoms with E-state index in [4.69, 9.17) is 4.52 Å². The molecule has 0 aliphatic rings. The number of nitrogens with one attached hydrogen (secondary N) is 1. The summed E-state index contributed by atoms with van der Waals surface area (Å²) in [5, 5.41) is 5.14. The average molecular weight is 264 g/mol. The Morgan fingerprint density at radius 1 is 1.20 bits per heavy atom. The van der Waals surface area contributed by atoms with Gasteiger partial charge in [-0.15, -0.1) is 0 Å². The van der Waals surface area contributed by atoms with Crippen LogP contribution in [0, 0.1) is 0 Å². The number of aromatic nitrogens is 4. The second-order valence-electron chi connectivity index (χ2n) is 4.65. The van der Waals surface area contributed by atoms with Crippen LogP contribution < -0.4 is 0 Å². The number of nitrogens with zero attached hydrogens (tertiary/aromatic N) is 3. The normalized spacial score (nSPS) is 11.2. The number of H-pyrrole nitrogens is 1. The minimum atomic E-state index is 0.647. The SMILES string of the molecule is c1cn(Cc2ccon2)c(-c2ccc3cc[nH]c3c2)n1. The first-order valence-corrected chi connectivity index (χ1v) is 6.38. The summed E-state index contributed by atoms with van der Waals surface area (Å²) in [6.45, 7) is 0.647. The van der Waals surface area contributed by atoms with Crippen molar-refractivity contribution in [2.45, 2.75) is 6.54 Å². The standard InChI is InChI=1S/C15H12N4O/c1-2-12(9-14-11(1)3-5-16-14)15-17-6-7-19(15)10-13-4-8-20-18-13/h1-9,16H,10H2. The fraction of sp³-hybridized carbons (Fsp3) is 0.0667. The molecule has 1 aromatic carbocycles. The number of aromatic amines is 1. The fourth-order valence-electron chi connectivity index (χ4n) is 2.38. The monoisotopic (exact) mass is 264 g/mol. The molecular weight excluding hydrogens is 252 g/mol. The first kappa shape index (κ1) is 11.0. The Morgan fingerprint density at radius 3 is 3.10 bits per heavy atom. The van der Waals surface area contributed by atoms with Gasteiger partial charge in [0.1, 0.15) is 17.8 Å². The van der Waals surface area contributed by atoms with E-state index in [9.17, 15) is 0 Å². The van der Waals surface area contributed by atoms with Crippen LogP contribution in [0.4, 0.5) is 0 Å². The minimum Gasteiger partial charge on any atom is -0.364 e. The van der Waals surface area contributed by atoms with E-state index in [1.807, 2.05) is 18.5 Å². The molecule has 5 heteroatoms. The molecule has 4 aromatic rings. The van der Waals surface area contributed by atoms with Crippen LogP contribution in [0.3, 0.4) is 0 Å². The summed E-state index contributed by atoms with van der Waals surface area (Å²) in [7, 11) is 0. The summed E-state index contributed by atoms with van der Waals surface area (Å²) in [5.74, 6) is 0.921. The van der Waals surface area contributed by atoms with Gasteiger partial charge >= 0.3 is 0 Å². The third-order valence-electron chi connectivity index (χ3n) is 3.35. The van der Waals surface area contributed by atoms with E-state index in [0.717, 1.165) is 22.6 Å². The predicted octanol–water partition coefficient (Wildman–Crippen LogP) is 3.07. The molecule has 0 bridgehead atoms. The van der Waals surface area contributed by atoms with Crippen LogP contribution in [0.15, 0.2) is 59.7 Å². The van der Waals surface area contributed by atoms with Gasteiger partial charge in [-0.1, -0.05) is 17.3 Å². The minimum absolute atomic E-state index is 0.647. The number of fused-ring (bicyclic) bond motifs is 1. The van der Waals surface area contributed by atoms with Crippen LogP contribution in [-0.4, -0.2) is 19.7 Å². The molecule has 4 rings (SSSR count). The topological polar surface area (TPSA) is 59.6 Å². The predicted molar refractivity (Wildman–Crippen MR) is 75.1 cm³/mol. The Bertz CT molecular complexity index is 842. The summed E-state index contributed by atoms with van der Waals surface area (Å²) >= 11 is 0. The molecule has 0 aliphatic heterocycles. The Hall–Kier alpha value is -2.82. The smallest absolute Gasteiger partial charge is 0.140 e. The lowest BCUT2D eigenvalue weighted by Gasteiger charge is -2.06. The molecule has 0 atom stereocenters. The molecule has 1 N–H and O–H groups in total. The first-order valence-electron chi connectivity index (χ1n) is 6.38. The molecule has 0 saturated heterocycles. The van der Waals surface area contributed by atoms with Crippen molar-refractivity contribution in [2.75, 3.05) is 0 Å². The van der Waals surface area contributed by atoms with Crippen molar-refractivity contribution < 1.29 is 4.52 Å². The maximum atomic E-state index is 4.87. The van der Waals surface area contributed by atoms with E-state index in [1.165, 1.54) is 5.39 Å². The molecule has 0 fully saturated rings. The molecule has 3 aromatic heterocycles. The van der Waals surface area contributed by atoms with Gasteiger partial charge in [-0.05, 0) is 17.5 Å². The van der Waals surface area contributed by atoms with Crippen molar-refractivity contribution in [3.63, 3.8) is 0 Å². The Balaban J connectivity index is 1.76. The summed E-state index contributed by atoms with van der Waals surface area (Å²) in [6, 6.07) is 10.2. The highest BCUT2D eigenvalue weighted by Crippen LogP contribution is 2.23. The first-order chi connectivity index (χ1) is 9.90. The number of imidazole rings is 1. The van der Waals surface area contributed by atoms with E-state index in [1.54, 1.807) is 12.5 Å². The lowest BCUT2D eigenvalue weighted by Crippen LogP contribution is -2.01. The van der Waals surface area contributed by atoms with Gasteiger partial charge in [0, 0.05) is 35.7 Å². The van der Waals surface area contributed by atoms with Crippen molar-refractivity contribution >= 4 is 10.9 Å². The zero-order chi connectivity index (χ0) is 13.4. The maximum Gasteiger partial charge on any atom is 0.140 e. The number of hydrogen-bond acceptors (Lipinski definition) is 3. The van der Waals surface area contributed by atoms with Crippen LogP contribution >= 0.6 is 0 Å². The van der Waals surface area contributed by atoms with Crippen LogP contribution in [0.2, 0.25) is 0 Å². The maximum absolute atomic E-state index is 4.87. The van der Waals surface area contributed by atoms with Gasteiger partial charge in [-0.3, -0.25) is 0 Å². The highest BCUT2D eigenvalue weighted by molar-refractivity contribution is 5.83. The number of hydrogen-bond donors (Lipinski definition) is 1. The molecule has 0 aliphatic carbocycles. The highest BCUT2D eigenvalue weighted by Gasteiger charge is 2.08. The summed E-state index contributed by atoms with van der Waals surface area (Å²) in [6.07, 6.45) is 7.27. The van der Waals surface area contributed by atoms with Crippen LogP contribution in [-0.2, 0) is 6.54 Å². The molecule has 98 valence electrons. The van der Waals surface area contributed by atoms with Crippen molar-refractivity contribution in [1.82, 2.24) is 19.7 Å². The Labute approximate surface area is 114 Å². The lowest BCUT2D eigenvalue weighted by atomic mass is 10.1. The second-order valence-corrected chi connectivity index (χ2v) is 4.65. The van der Waals surface area contributed by atoms with Gasteiger partial charge in [0.15, 0.2) is 0 Å². The average Bonchev–Trinajstić information content (AvgIpc) is 3.19. The van der Waals surface area contributed by atoms with E-state index in [-0.39, 0.29) is 0 Å². The largest absolute Gasteiger partial charge is 0.364 e. The summed E-state index contributed by atoms with van der Waals surface area (Å²) in [4.78, 5) is 7.67. The van der Waals surface area contributed by atoms with Gasteiger partial charge in [0.2, 0.25) is 0 Å². The van der Waals surface area contributed by atoms with Crippen LogP contribution in [0.5, 0.6) is 0 Å². The summed E-state index contributed by atoms with van der Waals surface area (Å²) in [5.41, 5.74) is 3.07. The molecular formula is C15H12N4O. The highest BCUT2D eigenvalue weighted by atomic mass is 16.5. The van der Waals surface area contributed by atoms with E-state index < -0.39 is 0 Å². The van der Waals surface area contributed by atoms with Gasteiger partial charge in [-0.2, -0.15) is 0 Å². The molecule has 0 unspecified atom stereocenters. The van der Waals surface area contributed by atoms with E-state index in [0.29, 0.717) is 6.54 Å². The van der Waals surface area contributed by atoms with Crippen molar-refractivity contribution in [3.05, 3.63) is 60.9 Å². The fourth-order valence-corrected chi connectivity index (χ4v) is 2.38. The third kappa shape index (κ3) is 1.80. The quantitative estimate of drug-likeness (QED) is 0.618. The van der Waals surface area contributed by atoms with Gasteiger partial charge in [0.25, 0.3) is 0 Å². The lowest BCUT2D eigenvalue weighted by molar-refractivity contribution is 0.410. The molecule has 20 heavy (non-hydrogen) atoms. The Morgan fingerprint density at radius 2 is 2.20 bits per heavy atom. The molecule has 5 nitrogen and oxygen atoms in total. The van der Waals surface area contributed by atoms with Crippen molar-refractivity contribution in [1.29, 1.82) is 0 Å². The van der Waals surface area contributed by atoms with Crippen molar-refractivity contribution in [3.8, 4) is 11.4 Å². The van der Waals surface area contributed by atoms with E-state index >= 15 is 0 Å². The van der Waals surface area contributed by atoms with Crippen LogP contribution in [0.1, 0.15) is 5.69 Å². The zero-order valence-corrected chi connectivity index (χ0v) is 10.7. The van der Waals surface area contributed by atoms with Crippen LogP contribution in [0.25, 0.3) is 22.3 Å². The second kappa shape index (κ2) is 4.38. The van der Waals surface area contributed by atoms with Gasteiger partial charge in [-0.25, -0.2) is 4.98 Å². The number of benzene rings is 1. The van der Waals surface area contributed by atoms with Crippen molar-refractivity contribution in [2.24, 2.45) is 0 Å². The number of rotatable bonds is 3. The van der Waals surface area contributed by atoms with Gasteiger partial charge in [0.05, 0.1) is 6.54 Å². The zero-order valence-electron chi connectivity index (χ0n) is 10.7. The summed E-state index contributed by atoms with van der Waals surface area (Å²) < 4.78 is 6.92. The third-order valence-corrected chi connectivity index (χ3v) is 3.35. The van der Waals surface area contributed by atoms with Gasteiger partial charge < -0.3 is 14.1 Å². The molecule has 0 amide bonds.